The van der Waals surface area contributed by atoms with Crippen molar-refractivity contribution in [3.8, 4) is 0 Å². The molecule has 15 heavy (non-hydrogen) atoms. The maximum Gasteiger partial charge on any atom is 0.0748 e. The van der Waals surface area contributed by atoms with Gasteiger partial charge in [0, 0.05) is 24.7 Å². The van der Waals surface area contributed by atoms with Gasteiger partial charge in [-0.1, -0.05) is 6.07 Å². The van der Waals surface area contributed by atoms with E-state index in [0.717, 1.165) is 12.2 Å². The molecule has 82 valence electrons. The highest BCUT2D eigenvalue weighted by Crippen LogP contribution is 2.36. The Morgan fingerprint density at radius 1 is 1.53 bits per heavy atom. The normalized spacial score (nSPS) is 20.9. The second-order valence-electron chi connectivity index (χ2n) is 4.33. The number of aliphatic hydroxyl groups is 1. The van der Waals surface area contributed by atoms with Gasteiger partial charge in [-0.3, -0.25) is 0 Å². The molecule has 0 radical (unpaired) electrons. The van der Waals surface area contributed by atoms with Gasteiger partial charge >= 0.3 is 0 Å². The van der Waals surface area contributed by atoms with Crippen LogP contribution in [0.2, 0.25) is 0 Å². The fourth-order valence-corrected chi connectivity index (χ4v) is 2.43. The summed E-state index contributed by atoms with van der Waals surface area (Å²) in [4.78, 5) is 0. The topological polar surface area (TPSA) is 58.3 Å². The first-order chi connectivity index (χ1) is 7.13. The monoisotopic (exact) mass is 206 g/mol. The van der Waals surface area contributed by atoms with Gasteiger partial charge in [0.25, 0.3) is 0 Å². The smallest absolute Gasteiger partial charge is 0.0748 e. The fourth-order valence-electron chi connectivity index (χ4n) is 2.43. The molecule has 3 nitrogen and oxygen atoms in total. The van der Waals surface area contributed by atoms with E-state index in [2.05, 4.69) is 31.3 Å². The van der Waals surface area contributed by atoms with Crippen molar-refractivity contribution in [1.82, 2.24) is 0 Å². The number of hydrogen-bond acceptors (Lipinski definition) is 3. The van der Waals surface area contributed by atoms with Crippen molar-refractivity contribution in [2.75, 3.05) is 18.4 Å². The van der Waals surface area contributed by atoms with Crippen LogP contribution in [-0.2, 0) is 0 Å². The van der Waals surface area contributed by atoms with Crippen molar-refractivity contribution in [1.29, 1.82) is 0 Å². The minimum atomic E-state index is -0.444. The van der Waals surface area contributed by atoms with Crippen molar-refractivity contribution in [3.63, 3.8) is 0 Å². The van der Waals surface area contributed by atoms with E-state index in [0.29, 0.717) is 6.54 Å². The Balaban J connectivity index is 2.42. The van der Waals surface area contributed by atoms with E-state index in [1.54, 1.807) is 0 Å². The minimum absolute atomic E-state index is 0.144. The fraction of sp³-hybridized carbons (Fsp3) is 0.500. The molecule has 2 rings (SSSR count). The molecular formula is C12H18N2O. The highest BCUT2D eigenvalue weighted by molar-refractivity contribution is 5.62. The molecule has 1 aromatic rings. The predicted molar refractivity (Wildman–Crippen MR) is 62.2 cm³/mol. The highest BCUT2D eigenvalue weighted by atomic mass is 16.3. The zero-order valence-corrected chi connectivity index (χ0v) is 9.25. The van der Waals surface area contributed by atoms with Gasteiger partial charge in [-0.25, -0.2) is 0 Å². The number of rotatable bonds is 2. The van der Waals surface area contributed by atoms with Crippen LogP contribution >= 0.6 is 0 Å². The molecule has 1 aliphatic heterocycles. The summed E-state index contributed by atoms with van der Waals surface area (Å²) in [6.07, 6.45) is -0.444. The van der Waals surface area contributed by atoms with Crippen molar-refractivity contribution in [3.05, 3.63) is 28.8 Å². The summed E-state index contributed by atoms with van der Waals surface area (Å²) >= 11 is 0. The van der Waals surface area contributed by atoms with Crippen LogP contribution in [0.4, 0.5) is 5.69 Å². The van der Waals surface area contributed by atoms with Gasteiger partial charge in [0.1, 0.15) is 0 Å². The molecule has 0 saturated carbocycles. The van der Waals surface area contributed by atoms with E-state index in [1.807, 2.05) is 0 Å². The zero-order valence-electron chi connectivity index (χ0n) is 9.25. The molecule has 0 amide bonds. The number of anilines is 1. The van der Waals surface area contributed by atoms with Gasteiger partial charge in [-0.05, 0) is 36.6 Å². The molecule has 2 unspecified atom stereocenters. The summed E-state index contributed by atoms with van der Waals surface area (Å²) in [5.74, 6) is 0.144. The number of aliphatic hydroxyl groups excluding tert-OH is 1. The lowest BCUT2D eigenvalue weighted by Crippen LogP contribution is -2.28. The molecule has 0 saturated heterocycles. The number of benzene rings is 1. The zero-order chi connectivity index (χ0) is 11.0. The Morgan fingerprint density at radius 3 is 2.93 bits per heavy atom. The standard InChI is InChI=1S/C12H18N2O/c1-7-3-8(2)12-9(11(15)5-13)6-14-10(12)4-7/h3-4,9,11,14-15H,5-6,13H2,1-2H3. The molecule has 2 atom stereocenters. The van der Waals surface area contributed by atoms with Crippen molar-refractivity contribution in [2.24, 2.45) is 5.73 Å². The van der Waals surface area contributed by atoms with Gasteiger partial charge in [-0.15, -0.1) is 0 Å². The van der Waals surface area contributed by atoms with Gasteiger partial charge < -0.3 is 16.2 Å². The van der Waals surface area contributed by atoms with Crippen molar-refractivity contribution < 1.29 is 5.11 Å². The molecule has 1 aromatic carbocycles. The lowest BCUT2D eigenvalue weighted by Gasteiger charge is -2.18. The quantitative estimate of drug-likeness (QED) is 0.680. The lowest BCUT2D eigenvalue weighted by atomic mass is 9.91. The minimum Gasteiger partial charge on any atom is -0.391 e. The molecule has 4 N–H and O–H groups in total. The summed E-state index contributed by atoms with van der Waals surface area (Å²) in [6.45, 7) is 5.29. The van der Waals surface area contributed by atoms with Crippen LogP contribution < -0.4 is 11.1 Å². The third-order valence-corrected chi connectivity index (χ3v) is 3.12. The summed E-state index contributed by atoms with van der Waals surface area (Å²) in [6, 6.07) is 4.29. The molecule has 0 aliphatic carbocycles. The third-order valence-electron chi connectivity index (χ3n) is 3.12. The summed E-state index contributed by atoms with van der Waals surface area (Å²) in [5.41, 5.74) is 10.4. The maximum atomic E-state index is 9.83. The van der Waals surface area contributed by atoms with E-state index < -0.39 is 6.10 Å². The average Bonchev–Trinajstić information content (AvgIpc) is 2.60. The van der Waals surface area contributed by atoms with E-state index >= 15 is 0 Å². The second-order valence-corrected chi connectivity index (χ2v) is 4.33. The first-order valence-corrected chi connectivity index (χ1v) is 5.36. The summed E-state index contributed by atoms with van der Waals surface area (Å²) in [5, 5.41) is 13.2. The van der Waals surface area contributed by atoms with Crippen LogP contribution in [0, 0.1) is 13.8 Å². The molecule has 0 spiro atoms. The molecule has 1 aliphatic rings. The molecule has 0 bridgehead atoms. The van der Waals surface area contributed by atoms with E-state index in [1.165, 1.54) is 16.7 Å². The Morgan fingerprint density at radius 2 is 2.27 bits per heavy atom. The maximum absolute atomic E-state index is 9.83. The highest BCUT2D eigenvalue weighted by Gasteiger charge is 2.29. The SMILES string of the molecule is Cc1cc(C)c2c(c1)NCC2C(O)CN. The lowest BCUT2D eigenvalue weighted by molar-refractivity contribution is 0.157. The van der Waals surface area contributed by atoms with E-state index in [9.17, 15) is 5.11 Å². The Hall–Kier alpha value is -1.06. The number of aryl methyl sites for hydroxylation is 2. The number of hydrogen-bond donors (Lipinski definition) is 3. The largest absolute Gasteiger partial charge is 0.391 e. The van der Waals surface area contributed by atoms with E-state index in [4.69, 9.17) is 5.73 Å². The van der Waals surface area contributed by atoms with Crippen LogP contribution in [0.25, 0.3) is 0 Å². The molecule has 3 heteroatoms. The Labute approximate surface area is 90.3 Å². The van der Waals surface area contributed by atoms with Crippen LogP contribution in [0.3, 0.4) is 0 Å². The van der Waals surface area contributed by atoms with Gasteiger partial charge in [0.2, 0.25) is 0 Å². The van der Waals surface area contributed by atoms with Crippen LogP contribution in [0.15, 0.2) is 12.1 Å². The molecule has 0 fully saturated rings. The van der Waals surface area contributed by atoms with Gasteiger partial charge in [0.05, 0.1) is 6.10 Å². The molecular weight excluding hydrogens is 188 g/mol. The molecule has 0 aromatic heterocycles. The predicted octanol–water partition coefficient (Wildman–Crippen LogP) is 1.13. The number of nitrogens with one attached hydrogen (secondary N) is 1. The Kier molecular flexibility index (Phi) is 2.67. The van der Waals surface area contributed by atoms with Crippen molar-refractivity contribution in [2.45, 2.75) is 25.9 Å². The molecule has 1 heterocycles. The van der Waals surface area contributed by atoms with Gasteiger partial charge in [-0.2, -0.15) is 0 Å². The summed E-state index contributed by atoms with van der Waals surface area (Å²) in [7, 11) is 0. The van der Waals surface area contributed by atoms with Crippen LogP contribution in [-0.4, -0.2) is 24.3 Å². The first kappa shape index (κ1) is 10.5. The number of nitrogens with two attached hydrogens (primary N) is 1. The Bertz CT molecular complexity index is 376. The third kappa shape index (κ3) is 1.73. The average molecular weight is 206 g/mol. The first-order valence-electron chi connectivity index (χ1n) is 5.36. The van der Waals surface area contributed by atoms with Crippen LogP contribution in [0.5, 0.6) is 0 Å². The van der Waals surface area contributed by atoms with Crippen molar-refractivity contribution >= 4 is 5.69 Å². The van der Waals surface area contributed by atoms with E-state index in [-0.39, 0.29) is 5.92 Å². The van der Waals surface area contributed by atoms with Gasteiger partial charge in [0.15, 0.2) is 0 Å². The second kappa shape index (κ2) is 3.83. The van der Waals surface area contributed by atoms with Crippen LogP contribution in [0.1, 0.15) is 22.6 Å². The summed E-state index contributed by atoms with van der Waals surface area (Å²) < 4.78 is 0. The number of fused-ring (bicyclic) bond motifs is 1.